The molecule has 0 radical (unpaired) electrons. The van der Waals surface area contributed by atoms with Crippen LogP contribution in [0.1, 0.15) is 35.4 Å². The number of carbonyl (C=O) groups excluding carboxylic acids is 2. The Bertz CT molecular complexity index is 1120. The number of aromatic nitrogens is 2. The van der Waals surface area contributed by atoms with E-state index in [0.717, 1.165) is 53.0 Å². The molecule has 1 aromatic carbocycles. The number of benzene rings is 1. The Morgan fingerprint density at radius 2 is 2.00 bits per heavy atom. The van der Waals surface area contributed by atoms with Crippen molar-refractivity contribution in [2.75, 3.05) is 23.7 Å². The minimum absolute atomic E-state index is 0.0581. The molecule has 156 valence electrons. The topological polar surface area (TPSA) is 87.2 Å². The summed E-state index contributed by atoms with van der Waals surface area (Å²) in [6, 6.07) is 6.09. The quantitative estimate of drug-likeness (QED) is 0.629. The molecule has 1 saturated carbocycles. The summed E-state index contributed by atoms with van der Waals surface area (Å²) in [5.41, 5.74) is 3.13. The average molecular weight is 442 g/mol. The van der Waals surface area contributed by atoms with Crippen LogP contribution in [0.3, 0.4) is 0 Å². The minimum Gasteiger partial charge on any atom is -0.302 e. The van der Waals surface area contributed by atoms with E-state index in [1.54, 1.807) is 0 Å². The van der Waals surface area contributed by atoms with Crippen LogP contribution < -0.4 is 10.6 Å². The zero-order valence-corrected chi connectivity index (χ0v) is 18.4. The van der Waals surface area contributed by atoms with Crippen LogP contribution in [-0.2, 0) is 22.6 Å². The SMILES string of the molecule is Cc1ccc2nc(NC(=O)CN3CCc4nc(NC(=O)C5CCC5)sc4C3)sc2c1. The van der Waals surface area contributed by atoms with Crippen molar-refractivity contribution in [3.8, 4) is 0 Å². The number of hydrogen-bond donors (Lipinski definition) is 2. The van der Waals surface area contributed by atoms with Gasteiger partial charge >= 0.3 is 0 Å². The molecule has 5 rings (SSSR count). The van der Waals surface area contributed by atoms with Gasteiger partial charge < -0.3 is 10.6 Å². The molecule has 2 aliphatic rings. The summed E-state index contributed by atoms with van der Waals surface area (Å²) < 4.78 is 1.08. The first kappa shape index (κ1) is 19.6. The molecule has 0 bridgehead atoms. The fourth-order valence-corrected chi connectivity index (χ4v) is 5.80. The van der Waals surface area contributed by atoms with Crippen LogP contribution in [0.15, 0.2) is 18.2 Å². The third kappa shape index (κ3) is 4.10. The number of nitrogens with one attached hydrogen (secondary N) is 2. The first-order valence-electron chi connectivity index (χ1n) is 10.2. The second-order valence-corrected chi connectivity index (χ2v) is 10.1. The first-order valence-corrected chi connectivity index (χ1v) is 11.9. The standard InChI is InChI=1S/C21H23N5O2S2/c1-12-5-6-14-16(9-12)29-20(22-14)24-18(27)11-26-8-7-15-17(10-26)30-21(23-15)25-19(28)13-3-2-4-13/h5-6,9,13H,2-4,7-8,10-11H2,1H3,(H,22,24,27)(H,23,25,28). The predicted molar refractivity (Wildman–Crippen MR) is 120 cm³/mol. The van der Waals surface area contributed by atoms with E-state index in [9.17, 15) is 9.59 Å². The molecular weight excluding hydrogens is 418 g/mol. The number of thiazole rings is 2. The number of aryl methyl sites for hydroxylation is 1. The molecule has 1 aliphatic carbocycles. The molecule has 1 aliphatic heterocycles. The smallest absolute Gasteiger partial charge is 0.240 e. The number of anilines is 2. The van der Waals surface area contributed by atoms with E-state index in [-0.39, 0.29) is 17.7 Å². The van der Waals surface area contributed by atoms with Gasteiger partial charge in [0.05, 0.1) is 22.5 Å². The fraction of sp³-hybridized carbons (Fsp3) is 0.429. The Balaban J connectivity index is 1.18. The molecule has 2 aromatic heterocycles. The van der Waals surface area contributed by atoms with E-state index in [2.05, 4.69) is 31.6 Å². The van der Waals surface area contributed by atoms with Gasteiger partial charge in [0, 0.05) is 30.3 Å². The van der Waals surface area contributed by atoms with Gasteiger partial charge in [-0.1, -0.05) is 23.8 Å². The van der Waals surface area contributed by atoms with E-state index in [1.807, 2.05) is 19.1 Å². The van der Waals surface area contributed by atoms with Gasteiger partial charge in [0.1, 0.15) is 0 Å². The summed E-state index contributed by atoms with van der Waals surface area (Å²) in [6.07, 6.45) is 3.89. The highest BCUT2D eigenvalue weighted by Crippen LogP contribution is 2.31. The van der Waals surface area contributed by atoms with Gasteiger partial charge in [0.2, 0.25) is 11.8 Å². The van der Waals surface area contributed by atoms with Crippen LogP contribution in [0.2, 0.25) is 0 Å². The van der Waals surface area contributed by atoms with Gasteiger partial charge in [-0.15, -0.1) is 11.3 Å². The van der Waals surface area contributed by atoms with E-state index in [4.69, 9.17) is 0 Å². The summed E-state index contributed by atoms with van der Waals surface area (Å²) in [7, 11) is 0. The lowest BCUT2D eigenvalue weighted by molar-refractivity contribution is -0.122. The van der Waals surface area contributed by atoms with Gasteiger partial charge in [0.25, 0.3) is 0 Å². The highest BCUT2D eigenvalue weighted by molar-refractivity contribution is 7.22. The van der Waals surface area contributed by atoms with Crippen molar-refractivity contribution in [2.45, 2.75) is 39.2 Å². The normalized spacial score (nSPS) is 16.8. The van der Waals surface area contributed by atoms with Gasteiger partial charge in [-0.3, -0.25) is 14.5 Å². The van der Waals surface area contributed by atoms with E-state index >= 15 is 0 Å². The molecular formula is C21H23N5O2S2. The molecule has 0 saturated heterocycles. The van der Waals surface area contributed by atoms with E-state index in [1.165, 1.54) is 28.2 Å². The lowest BCUT2D eigenvalue weighted by atomic mass is 9.85. The molecule has 0 atom stereocenters. The molecule has 3 heterocycles. The van der Waals surface area contributed by atoms with E-state index < -0.39 is 0 Å². The van der Waals surface area contributed by atoms with Gasteiger partial charge in [-0.2, -0.15) is 0 Å². The van der Waals surface area contributed by atoms with Crippen molar-refractivity contribution in [2.24, 2.45) is 5.92 Å². The largest absolute Gasteiger partial charge is 0.302 e. The first-order chi connectivity index (χ1) is 14.5. The van der Waals surface area contributed by atoms with Crippen molar-refractivity contribution in [1.82, 2.24) is 14.9 Å². The van der Waals surface area contributed by atoms with Gasteiger partial charge in [-0.25, -0.2) is 9.97 Å². The summed E-state index contributed by atoms with van der Waals surface area (Å²) in [5.74, 6) is 0.185. The molecule has 3 aromatic rings. The van der Waals surface area contributed by atoms with Gasteiger partial charge in [-0.05, 0) is 37.5 Å². The molecule has 7 nitrogen and oxygen atoms in total. The Morgan fingerprint density at radius 1 is 1.17 bits per heavy atom. The lowest BCUT2D eigenvalue weighted by Crippen LogP contribution is -2.36. The molecule has 1 fully saturated rings. The maximum atomic E-state index is 12.5. The van der Waals surface area contributed by atoms with Crippen LogP contribution in [0, 0.1) is 12.8 Å². The summed E-state index contributed by atoms with van der Waals surface area (Å²) >= 11 is 3.03. The molecule has 2 N–H and O–H groups in total. The third-order valence-electron chi connectivity index (χ3n) is 5.67. The summed E-state index contributed by atoms with van der Waals surface area (Å²) in [5, 5.41) is 7.23. The zero-order chi connectivity index (χ0) is 20.7. The Hall–Kier alpha value is -2.36. The summed E-state index contributed by atoms with van der Waals surface area (Å²) in [6.45, 7) is 3.82. The van der Waals surface area contributed by atoms with Crippen LogP contribution in [0.25, 0.3) is 10.2 Å². The molecule has 0 unspecified atom stereocenters. The van der Waals surface area contributed by atoms with Crippen LogP contribution in [0.4, 0.5) is 10.3 Å². The van der Waals surface area contributed by atoms with Crippen molar-refractivity contribution >= 4 is 55.0 Å². The summed E-state index contributed by atoms with van der Waals surface area (Å²) in [4.78, 5) is 37.1. The number of rotatable bonds is 5. The molecule has 2 amide bonds. The van der Waals surface area contributed by atoms with Crippen LogP contribution in [-0.4, -0.2) is 39.8 Å². The Labute approximate surface area is 182 Å². The van der Waals surface area contributed by atoms with E-state index in [0.29, 0.717) is 23.4 Å². The van der Waals surface area contributed by atoms with Crippen molar-refractivity contribution in [3.63, 3.8) is 0 Å². The second-order valence-electron chi connectivity index (χ2n) is 8.00. The second kappa shape index (κ2) is 8.05. The Kier molecular flexibility index (Phi) is 5.26. The monoisotopic (exact) mass is 441 g/mol. The minimum atomic E-state index is -0.0581. The predicted octanol–water partition coefficient (Wildman–Crippen LogP) is 3.80. The Morgan fingerprint density at radius 3 is 2.80 bits per heavy atom. The zero-order valence-electron chi connectivity index (χ0n) is 16.7. The van der Waals surface area contributed by atoms with Gasteiger partial charge in [0.15, 0.2) is 10.3 Å². The average Bonchev–Trinajstić information content (AvgIpc) is 3.21. The number of hydrogen-bond acceptors (Lipinski definition) is 7. The maximum absolute atomic E-state index is 12.5. The van der Waals surface area contributed by atoms with Crippen LogP contribution >= 0.6 is 22.7 Å². The van der Waals surface area contributed by atoms with Crippen molar-refractivity contribution in [1.29, 1.82) is 0 Å². The molecule has 30 heavy (non-hydrogen) atoms. The highest BCUT2D eigenvalue weighted by atomic mass is 32.1. The molecule has 0 spiro atoms. The van der Waals surface area contributed by atoms with Crippen LogP contribution in [0.5, 0.6) is 0 Å². The molecule has 9 heteroatoms. The number of carbonyl (C=O) groups is 2. The fourth-order valence-electron chi connectivity index (χ4n) is 3.76. The van der Waals surface area contributed by atoms with Crippen molar-refractivity contribution in [3.05, 3.63) is 34.3 Å². The highest BCUT2D eigenvalue weighted by Gasteiger charge is 2.27. The third-order valence-corrected chi connectivity index (χ3v) is 7.61. The maximum Gasteiger partial charge on any atom is 0.240 e. The van der Waals surface area contributed by atoms with Crippen molar-refractivity contribution < 1.29 is 9.59 Å². The number of fused-ring (bicyclic) bond motifs is 2. The number of amides is 2. The number of nitrogens with zero attached hydrogens (tertiary/aromatic N) is 3. The lowest BCUT2D eigenvalue weighted by Gasteiger charge is -2.24.